The summed E-state index contributed by atoms with van der Waals surface area (Å²) in [5.74, 6) is -0.181. The monoisotopic (exact) mass is 486 g/mol. The van der Waals surface area contributed by atoms with Crippen LogP contribution in [0.2, 0.25) is 10.0 Å². The summed E-state index contributed by atoms with van der Waals surface area (Å²) in [5.41, 5.74) is 2.19. The highest BCUT2D eigenvalue weighted by atomic mass is 35.5. The van der Waals surface area contributed by atoms with E-state index in [0.29, 0.717) is 32.8 Å². The maximum atomic E-state index is 12.7. The fraction of sp³-hybridized carbons (Fsp3) is 0.0870. The van der Waals surface area contributed by atoms with Crippen molar-refractivity contribution in [3.63, 3.8) is 0 Å². The van der Waals surface area contributed by atoms with Crippen molar-refractivity contribution in [3.8, 4) is 11.3 Å². The van der Waals surface area contributed by atoms with E-state index in [0.717, 1.165) is 22.2 Å². The molecule has 0 saturated carbocycles. The predicted octanol–water partition coefficient (Wildman–Crippen LogP) is 6.24. The van der Waals surface area contributed by atoms with Crippen LogP contribution in [0.25, 0.3) is 17.4 Å². The summed E-state index contributed by atoms with van der Waals surface area (Å²) >= 11 is 13.0. The van der Waals surface area contributed by atoms with Crippen LogP contribution in [-0.4, -0.2) is 28.5 Å². The number of imide groups is 1. The van der Waals surface area contributed by atoms with E-state index in [1.54, 1.807) is 42.5 Å². The number of hydrogen-bond acceptors (Lipinski definition) is 5. The molecule has 0 spiro atoms. The van der Waals surface area contributed by atoms with Crippen LogP contribution in [0.5, 0.6) is 0 Å². The van der Waals surface area contributed by atoms with Gasteiger partial charge in [-0.25, -0.2) is 0 Å². The first-order valence-electron chi connectivity index (χ1n) is 9.47. The lowest BCUT2D eigenvalue weighted by Crippen LogP contribution is -2.36. The molecule has 3 aromatic rings. The van der Waals surface area contributed by atoms with Gasteiger partial charge in [-0.2, -0.15) is 0 Å². The Kier molecular flexibility index (Phi) is 6.41. The molecule has 0 atom stereocenters. The van der Waals surface area contributed by atoms with E-state index in [-0.39, 0.29) is 11.4 Å². The van der Waals surface area contributed by atoms with E-state index in [4.69, 9.17) is 27.6 Å². The number of anilines is 1. The molecular weight excluding hydrogens is 471 g/mol. The molecule has 1 aliphatic rings. The molecule has 2 aromatic carbocycles. The highest BCUT2D eigenvalue weighted by molar-refractivity contribution is 8.18. The molecule has 4 rings (SSSR count). The second-order valence-electron chi connectivity index (χ2n) is 7.01. The summed E-state index contributed by atoms with van der Waals surface area (Å²) in [6.45, 7) is 1.52. The summed E-state index contributed by atoms with van der Waals surface area (Å²) in [7, 11) is 0. The summed E-state index contributed by atoms with van der Waals surface area (Å²) < 4.78 is 5.76. The average Bonchev–Trinajstić information content (AvgIpc) is 3.30. The van der Waals surface area contributed by atoms with E-state index in [9.17, 15) is 14.4 Å². The fourth-order valence-corrected chi connectivity index (χ4v) is 4.30. The quantitative estimate of drug-likeness (QED) is 0.431. The Morgan fingerprint density at radius 3 is 2.72 bits per heavy atom. The minimum absolute atomic E-state index is 0.163. The van der Waals surface area contributed by atoms with Gasteiger partial charge in [0, 0.05) is 22.3 Å². The van der Waals surface area contributed by atoms with Gasteiger partial charge >= 0.3 is 0 Å². The molecule has 2 heterocycles. The first-order valence-corrected chi connectivity index (χ1v) is 11.0. The van der Waals surface area contributed by atoms with Crippen LogP contribution in [0, 0.1) is 6.92 Å². The van der Waals surface area contributed by atoms with E-state index < -0.39 is 17.1 Å². The molecule has 3 amide bonds. The van der Waals surface area contributed by atoms with Crippen LogP contribution in [0.4, 0.5) is 10.5 Å². The number of thioether (sulfide) groups is 1. The number of halogens is 2. The second-order valence-corrected chi connectivity index (χ2v) is 8.85. The molecule has 1 N–H and O–H groups in total. The number of nitrogens with one attached hydrogen (secondary N) is 1. The normalized spacial score (nSPS) is 15.0. The van der Waals surface area contributed by atoms with Gasteiger partial charge in [0.2, 0.25) is 5.91 Å². The van der Waals surface area contributed by atoms with Crippen LogP contribution < -0.4 is 5.32 Å². The number of carbonyl (C=O) groups is 3. The van der Waals surface area contributed by atoms with E-state index in [2.05, 4.69) is 5.32 Å². The van der Waals surface area contributed by atoms with Gasteiger partial charge in [-0.15, -0.1) is 0 Å². The largest absolute Gasteiger partial charge is 0.457 e. The molecule has 6 nitrogen and oxygen atoms in total. The van der Waals surface area contributed by atoms with Gasteiger partial charge in [-0.05, 0) is 66.7 Å². The van der Waals surface area contributed by atoms with Gasteiger partial charge in [0.05, 0.1) is 9.93 Å². The minimum Gasteiger partial charge on any atom is -0.457 e. The number of aryl methyl sites for hydroxylation is 1. The number of rotatable bonds is 5. The number of carbonyl (C=O) groups excluding carboxylic acids is 3. The second kappa shape index (κ2) is 9.24. The molecule has 1 saturated heterocycles. The van der Waals surface area contributed by atoms with Crippen molar-refractivity contribution in [2.45, 2.75) is 6.92 Å². The number of benzene rings is 2. The van der Waals surface area contributed by atoms with Gasteiger partial charge in [0.15, 0.2) is 0 Å². The van der Waals surface area contributed by atoms with Crippen molar-refractivity contribution >= 4 is 63.8 Å². The highest BCUT2D eigenvalue weighted by Gasteiger charge is 2.36. The van der Waals surface area contributed by atoms with Gasteiger partial charge in [-0.1, -0.05) is 35.3 Å². The van der Waals surface area contributed by atoms with Crippen molar-refractivity contribution in [2.75, 3.05) is 11.9 Å². The van der Waals surface area contributed by atoms with Crippen LogP contribution in [0.1, 0.15) is 11.3 Å². The Hall–Kier alpha value is -3.00. The van der Waals surface area contributed by atoms with Gasteiger partial charge < -0.3 is 9.73 Å². The molecule has 1 aromatic heterocycles. The van der Waals surface area contributed by atoms with Crippen LogP contribution in [-0.2, 0) is 9.59 Å². The molecule has 162 valence electrons. The zero-order valence-corrected chi connectivity index (χ0v) is 19.1. The zero-order valence-electron chi connectivity index (χ0n) is 16.7. The molecular formula is C23H16Cl2N2O4S. The van der Waals surface area contributed by atoms with Crippen LogP contribution >= 0.6 is 35.0 Å². The van der Waals surface area contributed by atoms with Crippen molar-refractivity contribution in [3.05, 3.63) is 80.9 Å². The third-order valence-corrected chi connectivity index (χ3v) is 6.04. The Bertz CT molecular complexity index is 1270. The van der Waals surface area contributed by atoms with Crippen LogP contribution in [0.15, 0.2) is 63.9 Å². The maximum Gasteiger partial charge on any atom is 0.294 e. The lowest BCUT2D eigenvalue weighted by Gasteiger charge is -2.12. The van der Waals surface area contributed by atoms with Gasteiger partial charge in [-0.3, -0.25) is 19.3 Å². The Labute approximate surface area is 198 Å². The smallest absolute Gasteiger partial charge is 0.294 e. The number of amides is 3. The van der Waals surface area contributed by atoms with E-state index in [1.807, 2.05) is 19.1 Å². The van der Waals surface area contributed by atoms with E-state index in [1.165, 1.54) is 6.08 Å². The molecule has 0 bridgehead atoms. The average molecular weight is 487 g/mol. The van der Waals surface area contributed by atoms with Gasteiger partial charge in [0.1, 0.15) is 18.1 Å². The summed E-state index contributed by atoms with van der Waals surface area (Å²) in [6, 6.07) is 15.6. The first-order chi connectivity index (χ1) is 15.3. The number of hydrogen-bond donors (Lipinski definition) is 1. The Morgan fingerprint density at radius 2 is 1.94 bits per heavy atom. The third-order valence-electron chi connectivity index (χ3n) is 4.57. The molecule has 0 aliphatic carbocycles. The van der Waals surface area contributed by atoms with Crippen LogP contribution in [0.3, 0.4) is 0 Å². The molecule has 0 unspecified atom stereocenters. The standard InChI is InChI=1S/C23H16Cl2N2O4S/c1-13-3-2-4-15(9-13)26-21(28)12-27-22(29)20(32-23(27)30)11-16-6-8-19(31-16)17-10-14(24)5-7-18(17)25/h2-11H,12H2,1H3,(H,26,28)/b20-11+. The third kappa shape index (κ3) is 4.91. The topological polar surface area (TPSA) is 79.6 Å². The summed E-state index contributed by atoms with van der Waals surface area (Å²) in [4.78, 5) is 38.4. The highest BCUT2D eigenvalue weighted by Crippen LogP contribution is 2.35. The Morgan fingerprint density at radius 1 is 1.12 bits per heavy atom. The van der Waals surface area contributed by atoms with Crippen molar-refractivity contribution in [2.24, 2.45) is 0 Å². The summed E-state index contributed by atoms with van der Waals surface area (Å²) in [6.07, 6.45) is 1.46. The molecule has 32 heavy (non-hydrogen) atoms. The molecule has 0 radical (unpaired) electrons. The maximum absolute atomic E-state index is 12.7. The number of nitrogens with zero attached hydrogens (tertiary/aromatic N) is 1. The molecule has 1 aliphatic heterocycles. The van der Waals surface area contributed by atoms with Crippen molar-refractivity contribution in [1.82, 2.24) is 4.90 Å². The lowest BCUT2D eigenvalue weighted by molar-refractivity contribution is -0.127. The molecule has 1 fully saturated rings. The Balaban J connectivity index is 1.47. The van der Waals surface area contributed by atoms with Gasteiger partial charge in [0.25, 0.3) is 11.1 Å². The first kappa shape index (κ1) is 22.2. The SMILES string of the molecule is Cc1cccc(NC(=O)CN2C(=O)S/C(=C/c3ccc(-c4cc(Cl)ccc4Cl)o3)C2=O)c1. The number of furan rings is 1. The predicted molar refractivity (Wildman–Crippen MR) is 127 cm³/mol. The van der Waals surface area contributed by atoms with Crippen molar-refractivity contribution in [1.29, 1.82) is 0 Å². The fourth-order valence-electron chi connectivity index (χ4n) is 3.09. The zero-order chi connectivity index (χ0) is 22.8. The minimum atomic E-state index is -0.557. The van der Waals surface area contributed by atoms with E-state index >= 15 is 0 Å². The summed E-state index contributed by atoms with van der Waals surface area (Å²) in [5, 5.41) is 3.14. The van der Waals surface area contributed by atoms with Crippen molar-refractivity contribution < 1.29 is 18.8 Å². The lowest BCUT2D eigenvalue weighted by atomic mass is 10.2. The molecule has 9 heteroatoms.